The van der Waals surface area contributed by atoms with Crippen LogP contribution in [0.1, 0.15) is 11.1 Å². The Kier molecular flexibility index (Phi) is 3.78. The zero-order valence-corrected chi connectivity index (χ0v) is 13.7. The minimum Gasteiger partial charge on any atom is -0.226 e. The average molecular weight is 338 g/mol. The predicted octanol–water partition coefficient (Wildman–Crippen LogP) is 5.87. The van der Waals surface area contributed by atoms with Crippen LogP contribution in [0.5, 0.6) is 0 Å². The van der Waals surface area contributed by atoms with Crippen LogP contribution < -0.4 is 0 Å². The van der Waals surface area contributed by atoms with Crippen LogP contribution in [0, 0.1) is 13.8 Å². The average Bonchev–Trinajstić information content (AvgIpc) is 2.42. The molecular formula is C16H11Cl3N2. The van der Waals surface area contributed by atoms with Gasteiger partial charge in [-0.1, -0.05) is 40.9 Å². The minimum atomic E-state index is 0.389. The van der Waals surface area contributed by atoms with Gasteiger partial charge >= 0.3 is 0 Å². The maximum atomic E-state index is 6.31. The molecule has 0 saturated carbocycles. The second-order valence-electron chi connectivity index (χ2n) is 4.94. The molecule has 0 aliphatic rings. The monoisotopic (exact) mass is 336 g/mol. The molecule has 2 aromatic carbocycles. The lowest BCUT2D eigenvalue weighted by molar-refractivity contribution is 1.21. The number of aryl methyl sites for hydroxylation is 2. The molecule has 0 bridgehead atoms. The van der Waals surface area contributed by atoms with Crippen LogP contribution in [0.25, 0.3) is 22.3 Å². The van der Waals surface area contributed by atoms with E-state index in [1.54, 1.807) is 0 Å². The van der Waals surface area contributed by atoms with Crippen molar-refractivity contribution in [2.45, 2.75) is 13.8 Å². The van der Waals surface area contributed by atoms with Crippen LogP contribution in [-0.2, 0) is 0 Å². The van der Waals surface area contributed by atoms with Crippen LogP contribution in [-0.4, -0.2) is 9.97 Å². The Balaban J connectivity index is 2.33. The Morgan fingerprint density at radius 1 is 0.905 bits per heavy atom. The fourth-order valence-electron chi connectivity index (χ4n) is 2.25. The molecule has 106 valence electrons. The molecule has 0 spiro atoms. The quantitative estimate of drug-likeness (QED) is 0.519. The summed E-state index contributed by atoms with van der Waals surface area (Å²) in [5.74, 6) is 0.526. The molecule has 3 rings (SSSR count). The molecule has 5 heteroatoms. The lowest BCUT2D eigenvalue weighted by Crippen LogP contribution is -1.95. The van der Waals surface area contributed by atoms with Crippen molar-refractivity contribution in [3.8, 4) is 11.4 Å². The third kappa shape index (κ3) is 2.71. The predicted molar refractivity (Wildman–Crippen MR) is 89.5 cm³/mol. The molecule has 0 aliphatic carbocycles. The molecule has 21 heavy (non-hydrogen) atoms. The maximum Gasteiger partial charge on any atom is 0.161 e. The highest BCUT2D eigenvalue weighted by Gasteiger charge is 2.13. The maximum absolute atomic E-state index is 6.31. The van der Waals surface area contributed by atoms with Gasteiger partial charge in [0.25, 0.3) is 0 Å². The molecule has 0 fully saturated rings. The molecule has 2 nitrogen and oxygen atoms in total. The summed E-state index contributed by atoms with van der Waals surface area (Å²) >= 11 is 18.7. The first-order valence-corrected chi connectivity index (χ1v) is 7.49. The van der Waals surface area contributed by atoms with Gasteiger partial charge in [-0.3, -0.25) is 0 Å². The number of rotatable bonds is 1. The van der Waals surface area contributed by atoms with Crippen molar-refractivity contribution in [2.24, 2.45) is 0 Å². The van der Waals surface area contributed by atoms with E-state index in [9.17, 15) is 0 Å². The fourth-order valence-corrected chi connectivity index (χ4v) is 2.96. The van der Waals surface area contributed by atoms with Gasteiger partial charge in [0.1, 0.15) is 5.15 Å². The van der Waals surface area contributed by atoms with Crippen LogP contribution in [0.4, 0.5) is 0 Å². The fraction of sp³-hybridized carbons (Fsp3) is 0.125. The molecule has 1 aromatic heterocycles. The number of hydrogen-bond acceptors (Lipinski definition) is 2. The van der Waals surface area contributed by atoms with Crippen molar-refractivity contribution in [1.29, 1.82) is 0 Å². The number of hydrogen-bond donors (Lipinski definition) is 0. The Morgan fingerprint density at radius 3 is 2.43 bits per heavy atom. The molecular weight excluding hydrogens is 327 g/mol. The molecule has 0 N–H and O–H groups in total. The van der Waals surface area contributed by atoms with Crippen molar-refractivity contribution in [2.75, 3.05) is 0 Å². The Hall–Kier alpha value is -1.35. The zero-order chi connectivity index (χ0) is 15.1. The molecule has 0 amide bonds. The summed E-state index contributed by atoms with van der Waals surface area (Å²) in [7, 11) is 0. The second kappa shape index (κ2) is 5.45. The van der Waals surface area contributed by atoms with Crippen LogP contribution in [0.3, 0.4) is 0 Å². The van der Waals surface area contributed by atoms with E-state index < -0.39 is 0 Å². The zero-order valence-electron chi connectivity index (χ0n) is 11.4. The van der Waals surface area contributed by atoms with E-state index in [2.05, 4.69) is 9.97 Å². The van der Waals surface area contributed by atoms with E-state index >= 15 is 0 Å². The molecule has 0 radical (unpaired) electrons. The molecule has 0 aliphatic heterocycles. The highest BCUT2D eigenvalue weighted by atomic mass is 35.5. The van der Waals surface area contributed by atoms with Gasteiger partial charge in [-0.2, -0.15) is 0 Å². The van der Waals surface area contributed by atoms with Crippen molar-refractivity contribution in [3.63, 3.8) is 0 Å². The summed E-state index contributed by atoms with van der Waals surface area (Å²) < 4.78 is 0. The third-order valence-corrected chi connectivity index (χ3v) is 4.10. The molecule has 1 heterocycles. The SMILES string of the molecule is Cc1cc(Cl)c2nc(-c3cc(Cl)ccc3C)nc(Cl)c2c1. The van der Waals surface area contributed by atoms with E-state index in [0.29, 0.717) is 26.5 Å². The third-order valence-electron chi connectivity index (χ3n) is 3.29. The van der Waals surface area contributed by atoms with Crippen LogP contribution in [0.15, 0.2) is 30.3 Å². The van der Waals surface area contributed by atoms with E-state index in [0.717, 1.165) is 22.1 Å². The number of aromatic nitrogens is 2. The largest absolute Gasteiger partial charge is 0.226 e. The van der Waals surface area contributed by atoms with Gasteiger partial charge in [-0.25, -0.2) is 9.97 Å². The Morgan fingerprint density at radius 2 is 1.67 bits per heavy atom. The number of fused-ring (bicyclic) bond motifs is 1. The minimum absolute atomic E-state index is 0.389. The first-order chi connectivity index (χ1) is 9.95. The van der Waals surface area contributed by atoms with Crippen molar-refractivity contribution in [1.82, 2.24) is 9.97 Å². The van der Waals surface area contributed by atoms with Gasteiger partial charge in [0.15, 0.2) is 5.82 Å². The van der Waals surface area contributed by atoms with Gasteiger partial charge in [0.2, 0.25) is 0 Å². The Labute approximate surface area is 137 Å². The first kappa shape index (κ1) is 14.6. The van der Waals surface area contributed by atoms with Crippen molar-refractivity contribution < 1.29 is 0 Å². The molecule has 3 aromatic rings. The molecule has 0 atom stereocenters. The topological polar surface area (TPSA) is 25.8 Å². The summed E-state index contributed by atoms with van der Waals surface area (Å²) in [6.45, 7) is 3.93. The number of nitrogens with zero attached hydrogens (tertiary/aromatic N) is 2. The molecule has 0 unspecified atom stereocenters. The second-order valence-corrected chi connectivity index (χ2v) is 6.14. The van der Waals surface area contributed by atoms with E-state index in [-0.39, 0.29) is 0 Å². The van der Waals surface area contributed by atoms with Gasteiger partial charge in [-0.15, -0.1) is 0 Å². The van der Waals surface area contributed by atoms with Crippen LogP contribution >= 0.6 is 34.8 Å². The summed E-state index contributed by atoms with van der Waals surface area (Å²) in [5, 5.41) is 2.34. The lowest BCUT2D eigenvalue weighted by atomic mass is 10.1. The smallest absolute Gasteiger partial charge is 0.161 e. The molecule has 0 saturated heterocycles. The van der Waals surface area contributed by atoms with Crippen LogP contribution in [0.2, 0.25) is 15.2 Å². The number of halogens is 3. The van der Waals surface area contributed by atoms with Gasteiger partial charge in [0, 0.05) is 16.0 Å². The van der Waals surface area contributed by atoms with E-state index in [1.165, 1.54) is 0 Å². The first-order valence-electron chi connectivity index (χ1n) is 6.35. The Bertz CT molecular complexity index is 860. The highest BCUT2D eigenvalue weighted by molar-refractivity contribution is 6.38. The number of benzene rings is 2. The van der Waals surface area contributed by atoms with Gasteiger partial charge in [-0.05, 0) is 49.2 Å². The summed E-state index contributed by atoms with van der Waals surface area (Å²) in [4.78, 5) is 8.96. The summed E-state index contributed by atoms with van der Waals surface area (Å²) in [6.07, 6.45) is 0. The van der Waals surface area contributed by atoms with Crippen molar-refractivity contribution >= 4 is 45.7 Å². The summed E-state index contributed by atoms with van der Waals surface area (Å²) in [5.41, 5.74) is 3.54. The van der Waals surface area contributed by atoms with E-state index in [4.69, 9.17) is 34.8 Å². The van der Waals surface area contributed by atoms with Crippen molar-refractivity contribution in [3.05, 3.63) is 56.7 Å². The highest BCUT2D eigenvalue weighted by Crippen LogP contribution is 2.32. The normalized spacial score (nSPS) is 11.1. The standard InChI is InChI=1S/C16H11Cl3N2/c1-8-5-12-14(13(18)6-8)20-16(21-15(12)19)11-7-10(17)4-3-9(11)2/h3-7H,1-2H3. The summed E-state index contributed by atoms with van der Waals surface area (Å²) in [6, 6.07) is 9.38. The van der Waals surface area contributed by atoms with E-state index in [1.807, 2.05) is 44.2 Å². The van der Waals surface area contributed by atoms with Gasteiger partial charge < -0.3 is 0 Å². The van der Waals surface area contributed by atoms with Gasteiger partial charge in [0.05, 0.1) is 10.5 Å². The lowest BCUT2D eigenvalue weighted by Gasteiger charge is -2.09.